The van der Waals surface area contributed by atoms with E-state index in [0.717, 1.165) is 5.56 Å². The highest BCUT2D eigenvalue weighted by Crippen LogP contribution is 2.20. The van der Waals surface area contributed by atoms with Crippen molar-refractivity contribution in [3.8, 4) is 0 Å². The number of carbonyl (C=O) groups excluding carboxylic acids is 1. The number of nitrogens with one attached hydrogen (secondary N) is 2. The zero-order chi connectivity index (χ0) is 17.0. The maximum atomic E-state index is 12.2. The van der Waals surface area contributed by atoms with Crippen LogP contribution in [-0.2, 0) is 0 Å². The van der Waals surface area contributed by atoms with Crippen LogP contribution in [0.25, 0.3) is 0 Å². The Labute approximate surface area is 142 Å². The van der Waals surface area contributed by atoms with E-state index in [2.05, 4.69) is 10.6 Å². The molecule has 0 fully saturated rings. The second-order valence-corrected chi connectivity index (χ2v) is 5.49. The van der Waals surface area contributed by atoms with Crippen LogP contribution in [0.5, 0.6) is 0 Å². The number of para-hydroxylation sites is 1. The molecule has 0 aromatic heterocycles. The standard InChI is InChI=1S/C15H12ClN3O3S/c1-9-6-7-10(16)8-12(9)17-15(23)18-14(20)11-4-2-3-5-13(11)19(21)22/h2-8H,1H3,(H2,17,18,20,23). The fourth-order valence-corrected chi connectivity index (χ4v) is 2.25. The van der Waals surface area contributed by atoms with Crippen molar-refractivity contribution in [1.29, 1.82) is 0 Å². The van der Waals surface area contributed by atoms with Gasteiger partial charge in [-0.25, -0.2) is 0 Å². The fourth-order valence-electron chi connectivity index (χ4n) is 1.88. The van der Waals surface area contributed by atoms with Gasteiger partial charge in [0.1, 0.15) is 5.56 Å². The second kappa shape index (κ2) is 7.17. The Morgan fingerprint density at radius 3 is 2.65 bits per heavy atom. The van der Waals surface area contributed by atoms with Gasteiger partial charge in [-0.1, -0.05) is 29.8 Å². The third kappa shape index (κ3) is 4.24. The molecule has 0 saturated carbocycles. The number of thiocarbonyl (C=S) groups is 1. The highest BCUT2D eigenvalue weighted by atomic mass is 35.5. The molecule has 0 aliphatic heterocycles. The molecule has 0 unspecified atom stereocenters. The lowest BCUT2D eigenvalue weighted by atomic mass is 10.1. The van der Waals surface area contributed by atoms with Crippen molar-refractivity contribution in [3.63, 3.8) is 0 Å². The first-order valence-corrected chi connectivity index (χ1v) is 7.29. The molecule has 6 nitrogen and oxygen atoms in total. The predicted octanol–water partition coefficient (Wildman–Crippen LogP) is 3.68. The number of nitro groups is 1. The van der Waals surface area contributed by atoms with Gasteiger partial charge in [0.2, 0.25) is 0 Å². The molecule has 8 heteroatoms. The van der Waals surface area contributed by atoms with Crippen LogP contribution in [0.15, 0.2) is 42.5 Å². The van der Waals surface area contributed by atoms with Crippen molar-refractivity contribution < 1.29 is 9.72 Å². The topological polar surface area (TPSA) is 84.3 Å². The van der Waals surface area contributed by atoms with Crippen LogP contribution in [-0.4, -0.2) is 15.9 Å². The number of rotatable bonds is 3. The minimum Gasteiger partial charge on any atom is -0.332 e. The summed E-state index contributed by atoms with van der Waals surface area (Å²) in [7, 11) is 0. The Balaban J connectivity index is 2.13. The van der Waals surface area contributed by atoms with E-state index in [9.17, 15) is 14.9 Å². The summed E-state index contributed by atoms with van der Waals surface area (Å²) in [4.78, 5) is 22.5. The molecule has 118 valence electrons. The quantitative estimate of drug-likeness (QED) is 0.501. The van der Waals surface area contributed by atoms with Crippen LogP contribution in [0.2, 0.25) is 5.02 Å². The number of hydrogen-bond acceptors (Lipinski definition) is 4. The van der Waals surface area contributed by atoms with Crippen molar-refractivity contribution in [3.05, 3.63) is 68.7 Å². The number of halogens is 1. The monoisotopic (exact) mass is 349 g/mol. The number of carbonyl (C=O) groups is 1. The zero-order valence-corrected chi connectivity index (χ0v) is 13.6. The lowest BCUT2D eigenvalue weighted by Gasteiger charge is -2.12. The summed E-state index contributed by atoms with van der Waals surface area (Å²) in [6, 6.07) is 10.8. The van der Waals surface area contributed by atoms with Crippen molar-refractivity contribution in [2.45, 2.75) is 6.92 Å². The van der Waals surface area contributed by atoms with Gasteiger partial charge in [-0.2, -0.15) is 0 Å². The summed E-state index contributed by atoms with van der Waals surface area (Å²) in [6.07, 6.45) is 0. The highest BCUT2D eigenvalue weighted by Gasteiger charge is 2.19. The first-order valence-electron chi connectivity index (χ1n) is 6.50. The van der Waals surface area contributed by atoms with Gasteiger partial charge in [0, 0.05) is 16.8 Å². The summed E-state index contributed by atoms with van der Waals surface area (Å²) in [5.41, 5.74) is 1.18. The van der Waals surface area contributed by atoms with Crippen LogP contribution in [0.1, 0.15) is 15.9 Å². The van der Waals surface area contributed by atoms with Gasteiger partial charge in [-0.15, -0.1) is 0 Å². The van der Waals surface area contributed by atoms with Gasteiger partial charge in [-0.05, 0) is 42.9 Å². The molecule has 2 aromatic rings. The molecule has 0 aliphatic carbocycles. The molecule has 0 atom stereocenters. The number of amides is 1. The van der Waals surface area contributed by atoms with Crippen molar-refractivity contribution in [1.82, 2.24) is 5.32 Å². The predicted molar refractivity (Wildman–Crippen MR) is 93.0 cm³/mol. The number of nitro benzene ring substituents is 1. The molecule has 0 bridgehead atoms. The average Bonchev–Trinajstić information content (AvgIpc) is 2.50. The molecule has 0 saturated heterocycles. The van der Waals surface area contributed by atoms with Crippen LogP contribution >= 0.6 is 23.8 Å². The molecule has 0 radical (unpaired) electrons. The maximum absolute atomic E-state index is 12.2. The number of aryl methyl sites for hydroxylation is 1. The lowest BCUT2D eigenvalue weighted by molar-refractivity contribution is -0.385. The molecule has 2 N–H and O–H groups in total. The van der Waals surface area contributed by atoms with E-state index in [-0.39, 0.29) is 16.4 Å². The first kappa shape index (κ1) is 16.9. The van der Waals surface area contributed by atoms with E-state index < -0.39 is 10.8 Å². The first-order chi connectivity index (χ1) is 10.9. The largest absolute Gasteiger partial charge is 0.332 e. The summed E-state index contributed by atoms with van der Waals surface area (Å²) in [5.74, 6) is -0.658. The fraction of sp³-hybridized carbons (Fsp3) is 0.0667. The Bertz CT molecular complexity index is 795. The van der Waals surface area contributed by atoms with E-state index in [1.165, 1.54) is 18.2 Å². The Morgan fingerprint density at radius 2 is 1.96 bits per heavy atom. The van der Waals surface area contributed by atoms with Crippen molar-refractivity contribution >= 4 is 46.2 Å². The molecule has 0 heterocycles. The second-order valence-electron chi connectivity index (χ2n) is 4.64. The van der Waals surface area contributed by atoms with E-state index in [0.29, 0.717) is 10.7 Å². The van der Waals surface area contributed by atoms with Crippen LogP contribution < -0.4 is 10.6 Å². The molecular weight excluding hydrogens is 338 g/mol. The van der Waals surface area contributed by atoms with E-state index in [1.54, 1.807) is 24.3 Å². The summed E-state index contributed by atoms with van der Waals surface area (Å²) >= 11 is 11.0. The van der Waals surface area contributed by atoms with E-state index in [1.807, 2.05) is 6.92 Å². The van der Waals surface area contributed by atoms with Gasteiger partial charge in [0.05, 0.1) is 4.92 Å². The zero-order valence-electron chi connectivity index (χ0n) is 12.0. The SMILES string of the molecule is Cc1ccc(Cl)cc1NC(=S)NC(=O)c1ccccc1[N+](=O)[O-]. The number of hydrogen-bond donors (Lipinski definition) is 2. The average molecular weight is 350 g/mol. The summed E-state index contributed by atoms with van der Waals surface area (Å²) in [6.45, 7) is 1.85. The highest BCUT2D eigenvalue weighted by molar-refractivity contribution is 7.80. The van der Waals surface area contributed by atoms with Gasteiger partial charge in [-0.3, -0.25) is 20.2 Å². The van der Waals surface area contributed by atoms with E-state index in [4.69, 9.17) is 23.8 Å². The minimum absolute atomic E-state index is 0.0264. The van der Waals surface area contributed by atoms with Crippen molar-refractivity contribution in [2.75, 3.05) is 5.32 Å². The molecule has 23 heavy (non-hydrogen) atoms. The lowest BCUT2D eigenvalue weighted by Crippen LogP contribution is -2.34. The van der Waals surface area contributed by atoms with Crippen LogP contribution in [0.4, 0.5) is 11.4 Å². The normalized spacial score (nSPS) is 10.0. The summed E-state index contributed by atoms with van der Waals surface area (Å²) < 4.78 is 0. The van der Waals surface area contributed by atoms with Gasteiger partial charge < -0.3 is 5.32 Å². The van der Waals surface area contributed by atoms with Gasteiger partial charge in [0.25, 0.3) is 11.6 Å². The molecule has 0 aliphatic rings. The van der Waals surface area contributed by atoms with Gasteiger partial charge >= 0.3 is 0 Å². The smallest absolute Gasteiger partial charge is 0.282 e. The van der Waals surface area contributed by atoms with Crippen LogP contribution in [0, 0.1) is 17.0 Å². The molecule has 0 spiro atoms. The Kier molecular flexibility index (Phi) is 5.25. The summed E-state index contributed by atoms with van der Waals surface area (Å²) in [5, 5.41) is 16.8. The molecule has 2 aromatic carbocycles. The number of anilines is 1. The molecular formula is C15H12ClN3O3S. The van der Waals surface area contributed by atoms with Gasteiger partial charge in [0.15, 0.2) is 5.11 Å². The van der Waals surface area contributed by atoms with Crippen molar-refractivity contribution in [2.24, 2.45) is 0 Å². The third-order valence-electron chi connectivity index (χ3n) is 3.02. The Morgan fingerprint density at radius 1 is 1.26 bits per heavy atom. The van der Waals surface area contributed by atoms with Crippen LogP contribution in [0.3, 0.4) is 0 Å². The minimum atomic E-state index is -0.658. The number of nitrogens with zero attached hydrogens (tertiary/aromatic N) is 1. The molecule has 2 rings (SSSR count). The van der Waals surface area contributed by atoms with E-state index >= 15 is 0 Å². The third-order valence-corrected chi connectivity index (χ3v) is 3.46. The molecule has 1 amide bonds. The Hall–Kier alpha value is -2.51. The maximum Gasteiger partial charge on any atom is 0.282 e. The number of benzene rings is 2.